The van der Waals surface area contributed by atoms with Crippen LogP contribution >= 0.6 is 11.6 Å². The number of hydrogen-bond acceptors (Lipinski definition) is 2. The average molecular weight is 291 g/mol. The average Bonchev–Trinajstić information content (AvgIpc) is 2.48. The molecule has 104 valence electrons. The zero-order chi connectivity index (χ0) is 13.9. The highest BCUT2D eigenvalue weighted by Crippen LogP contribution is 2.24. The van der Waals surface area contributed by atoms with Crippen molar-refractivity contribution >= 4 is 23.0 Å². The lowest BCUT2D eigenvalue weighted by atomic mass is 10.2. The normalized spacial score (nSPS) is 15.5. The first kappa shape index (κ1) is 13.3. The lowest BCUT2D eigenvalue weighted by Crippen LogP contribution is -2.46. The van der Waals surface area contributed by atoms with Crippen LogP contribution in [0.5, 0.6) is 0 Å². The summed E-state index contributed by atoms with van der Waals surface area (Å²) < 4.78 is 13.8. The number of benzene rings is 2. The number of para-hydroxylation sites is 1. The third-order valence-corrected chi connectivity index (χ3v) is 3.88. The Morgan fingerprint density at radius 1 is 0.850 bits per heavy atom. The van der Waals surface area contributed by atoms with E-state index in [-0.39, 0.29) is 5.82 Å². The van der Waals surface area contributed by atoms with Crippen molar-refractivity contribution in [3.63, 3.8) is 0 Å². The van der Waals surface area contributed by atoms with Gasteiger partial charge < -0.3 is 9.80 Å². The molecule has 1 heterocycles. The lowest BCUT2D eigenvalue weighted by molar-refractivity contribution is 0.598. The summed E-state index contributed by atoms with van der Waals surface area (Å²) in [5.74, 6) is -0.149. The molecule has 20 heavy (non-hydrogen) atoms. The highest BCUT2D eigenvalue weighted by Gasteiger charge is 2.19. The van der Waals surface area contributed by atoms with Gasteiger partial charge in [-0.15, -0.1) is 0 Å². The first-order valence-electron chi connectivity index (χ1n) is 6.74. The fourth-order valence-electron chi connectivity index (χ4n) is 2.59. The molecule has 2 aromatic carbocycles. The summed E-state index contributed by atoms with van der Waals surface area (Å²) >= 11 is 6.02. The van der Waals surface area contributed by atoms with Crippen LogP contribution < -0.4 is 9.80 Å². The SMILES string of the molecule is Fc1ccccc1N1CCN(c2cccc(Cl)c2)CC1. The third kappa shape index (κ3) is 2.73. The van der Waals surface area contributed by atoms with E-state index in [1.807, 2.05) is 30.3 Å². The van der Waals surface area contributed by atoms with E-state index in [4.69, 9.17) is 11.6 Å². The van der Waals surface area contributed by atoms with E-state index >= 15 is 0 Å². The molecule has 1 aliphatic rings. The van der Waals surface area contributed by atoms with E-state index in [2.05, 4.69) is 15.9 Å². The van der Waals surface area contributed by atoms with Gasteiger partial charge in [-0.1, -0.05) is 29.8 Å². The van der Waals surface area contributed by atoms with Crippen LogP contribution in [0.15, 0.2) is 48.5 Å². The van der Waals surface area contributed by atoms with E-state index in [0.29, 0.717) is 5.69 Å². The van der Waals surface area contributed by atoms with Gasteiger partial charge >= 0.3 is 0 Å². The molecule has 0 N–H and O–H groups in total. The zero-order valence-electron chi connectivity index (χ0n) is 11.1. The first-order chi connectivity index (χ1) is 9.74. The van der Waals surface area contributed by atoms with Gasteiger partial charge in [-0.05, 0) is 30.3 Å². The Morgan fingerprint density at radius 3 is 2.25 bits per heavy atom. The molecule has 3 rings (SSSR count). The molecular weight excluding hydrogens is 275 g/mol. The van der Waals surface area contributed by atoms with Gasteiger partial charge in [-0.2, -0.15) is 0 Å². The van der Waals surface area contributed by atoms with Gasteiger partial charge in [0.25, 0.3) is 0 Å². The smallest absolute Gasteiger partial charge is 0.146 e. The number of hydrogen-bond donors (Lipinski definition) is 0. The Kier molecular flexibility index (Phi) is 3.79. The predicted molar refractivity (Wildman–Crippen MR) is 82.3 cm³/mol. The van der Waals surface area contributed by atoms with Crippen molar-refractivity contribution in [1.29, 1.82) is 0 Å². The topological polar surface area (TPSA) is 6.48 Å². The lowest BCUT2D eigenvalue weighted by Gasteiger charge is -2.37. The molecule has 0 unspecified atom stereocenters. The summed E-state index contributed by atoms with van der Waals surface area (Å²) in [6, 6.07) is 14.8. The second kappa shape index (κ2) is 5.71. The van der Waals surface area contributed by atoms with Crippen molar-refractivity contribution in [2.24, 2.45) is 0 Å². The van der Waals surface area contributed by atoms with Crippen LogP contribution in [-0.4, -0.2) is 26.2 Å². The largest absolute Gasteiger partial charge is 0.368 e. The van der Waals surface area contributed by atoms with Gasteiger partial charge in [0.1, 0.15) is 5.82 Å². The molecule has 0 aromatic heterocycles. The van der Waals surface area contributed by atoms with E-state index in [1.54, 1.807) is 6.07 Å². The van der Waals surface area contributed by atoms with Crippen molar-refractivity contribution in [1.82, 2.24) is 0 Å². The van der Waals surface area contributed by atoms with Gasteiger partial charge in [-0.25, -0.2) is 4.39 Å². The van der Waals surface area contributed by atoms with E-state index < -0.39 is 0 Å². The van der Waals surface area contributed by atoms with Crippen LogP contribution in [0.25, 0.3) is 0 Å². The van der Waals surface area contributed by atoms with E-state index in [0.717, 1.165) is 36.9 Å². The first-order valence-corrected chi connectivity index (χ1v) is 7.12. The fraction of sp³-hybridized carbons (Fsp3) is 0.250. The summed E-state index contributed by atoms with van der Waals surface area (Å²) in [6.45, 7) is 3.37. The number of nitrogens with zero attached hydrogens (tertiary/aromatic N) is 2. The van der Waals surface area contributed by atoms with Crippen LogP contribution in [0.4, 0.5) is 15.8 Å². The van der Waals surface area contributed by atoms with Crippen LogP contribution in [0.1, 0.15) is 0 Å². The van der Waals surface area contributed by atoms with Gasteiger partial charge in [-0.3, -0.25) is 0 Å². The minimum Gasteiger partial charge on any atom is -0.368 e. The van der Waals surface area contributed by atoms with Gasteiger partial charge in [0.05, 0.1) is 5.69 Å². The van der Waals surface area contributed by atoms with Crippen LogP contribution in [0.2, 0.25) is 5.02 Å². The fourth-order valence-corrected chi connectivity index (χ4v) is 2.77. The number of rotatable bonds is 2. The third-order valence-electron chi connectivity index (χ3n) is 3.65. The molecule has 1 saturated heterocycles. The van der Waals surface area contributed by atoms with Gasteiger partial charge in [0, 0.05) is 36.9 Å². The standard InChI is InChI=1S/C16H16ClFN2/c17-13-4-3-5-14(12-13)19-8-10-20(11-9-19)16-7-2-1-6-15(16)18/h1-7,12H,8-11H2. The minimum atomic E-state index is -0.149. The van der Waals surface area contributed by atoms with E-state index in [1.165, 1.54) is 6.07 Å². The van der Waals surface area contributed by atoms with Crippen molar-refractivity contribution < 1.29 is 4.39 Å². The van der Waals surface area contributed by atoms with Crippen LogP contribution in [0.3, 0.4) is 0 Å². The molecule has 0 bridgehead atoms. The highest BCUT2D eigenvalue weighted by molar-refractivity contribution is 6.30. The van der Waals surface area contributed by atoms with Crippen LogP contribution in [-0.2, 0) is 0 Å². The summed E-state index contributed by atoms with van der Waals surface area (Å²) in [6.07, 6.45) is 0. The molecule has 0 spiro atoms. The van der Waals surface area contributed by atoms with Crippen LogP contribution in [0, 0.1) is 5.82 Å². The van der Waals surface area contributed by atoms with Crippen molar-refractivity contribution in [2.45, 2.75) is 0 Å². The molecule has 0 atom stereocenters. The molecule has 4 heteroatoms. The molecule has 1 aliphatic heterocycles. The number of piperazine rings is 1. The molecule has 2 aromatic rings. The van der Waals surface area contributed by atoms with Gasteiger partial charge in [0.15, 0.2) is 0 Å². The Labute approximate surface area is 123 Å². The highest BCUT2D eigenvalue weighted by atomic mass is 35.5. The number of anilines is 2. The summed E-state index contributed by atoms with van der Waals surface area (Å²) in [4.78, 5) is 4.37. The number of halogens is 2. The summed E-state index contributed by atoms with van der Waals surface area (Å²) in [7, 11) is 0. The Balaban J connectivity index is 1.70. The van der Waals surface area contributed by atoms with E-state index in [9.17, 15) is 4.39 Å². The molecular formula is C16H16ClFN2. The van der Waals surface area contributed by atoms with Crippen molar-refractivity contribution in [3.8, 4) is 0 Å². The van der Waals surface area contributed by atoms with Gasteiger partial charge in [0.2, 0.25) is 0 Å². The monoisotopic (exact) mass is 290 g/mol. The summed E-state index contributed by atoms with van der Waals surface area (Å²) in [5.41, 5.74) is 1.82. The molecule has 1 fully saturated rings. The van der Waals surface area contributed by atoms with Crippen molar-refractivity contribution in [3.05, 3.63) is 59.4 Å². The Hall–Kier alpha value is -1.74. The molecule has 0 saturated carbocycles. The Morgan fingerprint density at radius 2 is 1.55 bits per heavy atom. The molecule has 2 nitrogen and oxygen atoms in total. The molecule has 0 radical (unpaired) electrons. The maximum atomic E-state index is 13.8. The minimum absolute atomic E-state index is 0.149. The zero-order valence-corrected chi connectivity index (χ0v) is 11.9. The predicted octanol–water partition coefficient (Wildman–Crippen LogP) is 3.81. The second-order valence-corrected chi connectivity index (χ2v) is 5.34. The van der Waals surface area contributed by atoms with Crippen molar-refractivity contribution in [2.75, 3.05) is 36.0 Å². The molecule has 0 aliphatic carbocycles. The second-order valence-electron chi connectivity index (χ2n) is 4.91. The Bertz CT molecular complexity index is 595. The maximum absolute atomic E-state index is 13.8. The maximum Gasteiger partial charge on any atom is 0.146 e. The molecule has 0 amide bonds. The quantitative estimate of drug-likeness (QED) is 0.830. The summed E-state index contributed by atoms with van der Waals surface area (Å²) in [5, 5.41) is 0.749.